The SMILES string of the molecule is CCOCCN(C)c1nc2sccn2c1CNCCOC. The molecular formula is C14H24N4O2S. The molecular weight excluding hydrogens is 288 g/mol. The lowest BCUT2D eigenvalue weighted by molar-refractivity contribution is 0.154. The number of likely N-dealkylation sites (N-methyl/N-ethyl adjacent to an activating group) is 1. The molecule has 0 aliphatic heterocycles. The normalized spacial score (nSPS) is 11.4. The van der Waals surface area contributed by atoms with Crippen molar-refractivity contribution in [2.75, 3.05) is 52.0 Å². The standard InChI is InChI=1S/C14H24N4O2S/c1-4-20-9-6-17(2)13-12(11-15-5-8-19-3)18-7-10-21-14(18)16-13/h7,10,15H,4-6,8-9,11H2,1-3H3. The first-order valence-electron chi connectivity index (χ1n) is 7.20. The summed E-state index contributed by atoms with van der Waals surface area (Å²) in [6, 6.07) is 0. The van der Waals surface area contributed by atoms with Crippen LogP contribution in [0.1, 0.15) is 12.6 Å². The molecule has 21 heavy (non-hydrogen) atoms. The molecule has 0 aliphatic rings. The summed E-state index contributed by atoms with van der Waals surface area (Å²) in [7, 11) is 3.77. The highest BCUT2D eigenvalue weighted by molar-refractivity contribution is 7.15. The van der Waals surface area contributed by atoms with Crippen LogP contribution in [0.5, 0.6) is 0 Å². The Morgan fingerprint density at radius 1 is 1.43 bits per heavy atom. The summed E-state index contributed by atoms with van der Waals surface area (Å²) in [5, 5.41) is 5.45. The quantitative estimate of drug-likeness (QED) is 0.676. The molecule has 0 radical (unpaired) electrons. The number of ether oxygens (including phenoxy) is 2. The molecule has 0 atom stereocenters. The number of thiazole rings is 1. The molecule has 0 saturated carbocycles. The zero-order valence-electron chi connectivity index (χ0n) is 13.0. The maximum absolute atomic E-state index is 5.43. The number of nitrogens with one attached hydrogen (secondary N) is 1. The van der Waals surface area contributed by atoms with E-state index in [1.165, 1.54) is 5.69 Å². The summed E-state index contributed by atoms with van der Waals surface area (Å²) in [6.07, 6.45) is 2.07. The first-order valence-corrected chi connectivity index (χ1v) is 8.08. The summed E-state index contributed by atoms with van der Waals surface area (Å²) in [5.74, 6) is 1.02. The van der Waals surface area contributed by atoms with Gasteiger partial charge in [0.05, 0.1) is 18.9 Å². The van der Waals surface area contributed by atoms with Crippen LogP contribution in [0.2, 0.25) is 0 Å². The van der Waals surface area contributed by atoms with Gasteiger partial charge in [-0.25, -0.2) is 4.98 Å². The van der Waals surface area contributed by atoms with Crippen molar-refractivity contribution < 1.29 is 9.47 Å². The fourth-order valence-corrected chi connectivity index (χ4v) is 2.85. The zero-order valence-corrected chi connectivity index (χ0v) is 13.8. The van der Waals surface area contributed by atoms with Gasteiger partial charge in [-0.2, -0.15) is 0 Å². The molecule has 2 rings (SSSR count). The number of rotatable bonds is 10. The molecule has 118 valence electrons. The van der Waals surface area contributed by atoms with Crippen molar-refractivity contribution in [2.45, 2.75) is 13.5 Å². The van der Waals surface area contributed by atoms with Crippen LogP contribution in [0, 0.1) is 0 Å². The number of hydrogen-bond acceptors (Lipinski definition) is 6. The first kappa shape index (κ1) is 16.2. The van der Waals surface area contributed by atoms with Crippen molar-refractivity contribution in [3.05, 3.63) is 17.3 Å². The van der Waals surface area contributed by atoms with Crippen LogP contribution in [0.3, 0.4) is 0 Å². The highest BCUT2D eigenvalue weighted by atomic mass is 32.1. The van der Waals surface area contributed by atoms with Gasteiger partial charge in [0, 0.05) is 52.0 Å². The molecule has 1 N–H and O–H groups in total. The lowest BCUT2D eigenvalue weighted by Crippen LogP contribution is -2.26. The van der Waals surface area contributed by atoms with Crippen molar-refractivity contribution in [3.8, 4) is 0 Å². The molecule has 0 aliphatic carbocycles. The largest absolute Gasteiger partial charge is 0.383 e. The summed E-state index contributed by atoms with van der Waals surface area (Å²) in [5.41, 5.74) is 1.18. The Hall–Kier alpha value is -1.15. The van der Waals surface area contributed by atoms with Gasteiger partial charge in [-0.3, -0.25) is 4.40 Å². The predicted octanol–water partition coefficient (Wildman–Crippen LogP) is 1.60. The molecule has 2 aromatic heterocycles. The summed E-state index contributed by atoms with van der Waals surface area (Å²) < 4.78 is 12.6. The average molecular weight is 312 g/mol. The van der Waals surface area contributed by atoms with Crippen molar-refractivity contribution in [3.63, 3.8) is 0 Å². The third-order valence-corrected chi connectivity index (χ3v) is 4.01. The lowest BCUT2D eigenvalue weighted by Gasteiger charge is -2.18. The van der Waals surface area contributed by atoms with Gasteiger partial charge < -0.3 is 19.7 Å². The van der Waals surface area contributed by atoms with Crippen LogP contribution < -0.4 is 10.2 Å². The highest BCUT2D eigenvalue weighted by Gasteiger charge is 2.16. The maximum Gasteiger partial charge on any atom is 0.195 e. The van der Waals surface area contributed by atoms with Crippen molar-refractivity contribution >= 4 is 22.1 Å². The van der Waals surface area contributed by atoms with Crippen LogP contribution >= 0.6 is 11.3 Å². The van der Waals surface area contributed by atoms with E-state index in [1.54, 1.807) is 18.4 Å². The second-order valence-electron chi connectivity index (χ2n) is 4.73. The molecule has 0 amide bonds. The summed E-state index contributed by atoms with van der Waals surface area (Å²) >= 11 is 1.65. The Bertz CT molecular complexity index is 540. The van der Waals surface area contributed by atoms with Gasteiger partial charge >= 0.3 is 0 Å². The Labute approximate surface area is 129 Å². The third kappa shape index (κ3) is 4.16. The maximum atomic E-state index is 5.43. The Morgan fingerprint density at radius 2 is 2.29 bits per heavy atom. The molecule has 2 heterocycles. The number of methoxy groups -OCH3 is 1. The monoisotopic (exact) mass is 312 g/mol. The summed E-state index contributed by atoms with van der Waals surface area (Å²) in [6.45, 7) is 6.63. The Kier molecular flexibility index (Phi) is 6.44. The van der Waals surface area contributed by atoms with Gasteiger partial charge in [-0.1, -0.05) is 0 Å². The van der Waals surface area contributed by atoms with Crippen LogP contribution in [0.15, 0.2) is 11.6 Å². The van der Waals surface area contributed by atoms with Crippen LogP contribution in [0.4, 0.5) is 5.82 Å². The van der Waals surface area contributed by atoms with E-state index < -0.39 is 0 Å². The Balaban J connectivity index is 2.07. The second kappa shape index (κ2) is 8.33. The fourth-order valence-electron chi connectivity index (χ4n) is 2.12. The third-order valence-electron chi connectivity index (χ3n) is 3.25. The van der Waals surface area contributed by atoms with E-state index in [0.29, 0.717) is 13.2 Å². The molecule has 7 heteroatoms. The average Bonchev–Trinajstić information content (AvgIpc) is 3.05. The van der Waals surface area contributed by atoms with E-state index in [1.807, 2.05) is 6.92 Å². The van der Waals surface area contributed by atoms with E-state index in [4.69, 9.17) is 14.5 Å². The molecule has 0 spiro atoms. The fraction of sp³-hybridized carbons (Fsp3) is 0.643. The summed E-state index contributed by atoms with van der Waals surface area (Å²) in [4.78, 5) is 7.91. The number of hydrogen-bond donors (Lipinski definition) is 1. The zero-order chi connectivity index (χ0) is 15.1. The van der Waals surface area contributed by atoms with E-state index in [9.17, 15) is 0 Å². The van der Waals surface area contributed by atoms with Gasteiger partial charge in [-0.05, 0) is 6.92 Å². The smallest absolute Gasteiger partial charge is 0.195 e. The van der Waals surface area contributed by atoms with E-state index in [0.717, 1.165) is 37.0 Å². The van der Waals surface area contributed by atoms with Crippen molar-refractivity contribution in [2.24, 2.45) is 0 Å². The number of aromatic nitrogens is 2. The second-order valence-corrected chi connectivity index (χ2v) is 5.60. The molecule has 6 nitrogen and oxygen atoms in total. The van der Waals surface area contributed by atoms with Gasteiger partial charge in [-0.15, -0.1) is 11.3 Å². The molecule has 0 unspecified atom stereocenters. The molecule has 2 aromatic rings. The number of fused-ring (bicyclic) bond motifs is 1. The number of nitrogens with zero attached hydrogens (tertiary/aromatic N) is 3. The van der Waals surface area contributed by atoms with E-state index in [2.05, 4.69) is 33.2 Å². The molecule has 0 bridgehead atoms. The Morgan fingerprint density at radius 3 is 3.05 bits per heavy atom. The van der Waals surface area contributed by atoms with Crippen molar-refractivity contribution in [1.29, 1.82) is 0 Å². The van der Waals surface area contributed by atoms with Crippen LogP contribution in [0.25, 0.3) is 4.96 Å². The van der Waals surface area contributed by atoms with Gasteiger partial charge in [0.1, 0.15) is 0 Å². The minimum absolute atomic E-state index is 0.709. The highest BCUT2D eigenvalue weighted by Crippen LogP contribution is 2.23. The molecule has 0 fully saturated rings. The van der Waals surface area contributed by atoms with Crippen LogP contribution in [-0.4, -0.2) is 56.5 Å². The number of anilines is 1. The van der Waals surface area contributed by atoms with Crippen LogP contribution in [-0.2, 0) is 16.0 Å². The lowest BCUT2D eigenvalue weighted by atomic mass is 10.3. The van der Waals surface area contributed by atoms with Gasteiger partial charge in [0.25, 0.3) is 0 Å². The van der Waals surface area contributed by atoms with Crippen molar-refractivity contribution in [1.82, 2.24) is 14.7 Å². The topological polar surface area (TPSA) is 51.0 Å². The minimum atomic E-state index is 0.709. The molecule has 0 aromatic carbocycles. The molecule has 0 saturated heterocycles. The van der Waals surface area contributed by atoms with Gasteiger partial charge in [0.2, 0.25) is 0 Å². The predicted molar refractivity (Wildman–Crippen MR) is 86.4 cm³/mol. The minimum Gasteiger partial charge on any atom is -0.383 e. The van der Waals surface area contributed by atoms with E-state index >= 15 is 0 Å². The van der Waals surface area contributed by atoms with E-state index in [-0.39, 0.29) is 0 Å². The first-order chi connectivity index (χ1) is 10.3. The van der Waals surface area contributed by atoms with Gasteiger partial charge in [0.15, 0.2) is 10.8 Å². The number of imidazole rings is 1.